The fourth-order valence-corrected chi connectivity index (χ4v) is 5.02. The summed E-state index contributed by atoms with van der Waals surface area (Å²) in [7, 11) is 0. The van der Waals surface area contributed by atoms with Gasteiger partial charge in [0.25, 0.3) is 0 Å². The van der Waals surface area contributed by atoms with Crippen LogP contribution in [0.3, 0.4) is 0 Å². The molecule has 41 heavy (non-hydrogen) atoms. The Bertz CT molecular complexity index is 571. The van der Waals surface area contributed by atoms with Crippen LogP contribution < -0.4 is 0 Å². The Kier molecular flexibility index (Phi) is 34.1. The third-order valence-electron chi connectivity index (χ3n) is 7.75. The second kappa shape index (κ2) is 35.1. The van der Waals surface area contributed by atoms with Crippen molar-refractivity contribution in [2.45, 2.75) is 187 Å². The first-order chi connectivity index (χ1) is 20.2. The van der Waals surface area contributed by atoms with Gasteiger partial charge in [-0.1, -0.05) is 134 Å². The number of ether oxygens (including phenoxy) is 2. The molecule has 0 radical (unpaired) electrons. The molecular formula is C37H70O4. The molecule has 0 fully saturated rings. The number of hydrogen-bond acceptors (Lipinski definition) is 4. The van der Waals surface area contributed by atoms with Crippen molar-refractivity contribution < 1.29 is 19.4 Å². The van der Waals surface area contributed by atoms with E-state index >= 15 is 0 Å². The van der Waals surface area contributed by atoms with Crippen LogP contribution in [0.5, 0.6) is 0 Å². The van der Waals surface area contributed by atoms with Gasteiger partial charge in [-0.05, 0) is 64.2 Å². The summed E-state index contributed by atoms with van der Waals surface area (Å²) in [4.78, 5) is 12.1. The number of allylic oxidation sites excluding steroid dienone is 4. The van der Waals surface area contributed by atoms with E-state index in [1.165, 1.54) is 141 Å². The lowest BCUT2D eigenvalue weighted by Gasteiger charge is -2.15. The van der Waals surface area contributed by atoms with Crippen LogP contribution in [0.2, 0.25) is 0 Å². The zero-order valence-electron chi connectivity index (χ0n) is 27.6. The van der Waals surface area contributed by atoms with Crippen LogP contribution in [0.25, 0.3) is 0 Å². The van der Waals surface area contributed by atoms with Crippen molar-refractivity contribution in [3.05, 3.63) is 24.3 Å². The van der Waals surface area contributed by atoms with Gasteiger partial charge in [0, 0.05) is 13.0 Å². The minimum Gasteiger partial charge on any atom is -0.457 e. The molecule has 1 N–H and O–H groups in total. The molecule has 0 aliphatic carbocycles. The monoisotopic (exact) mass is 579 g/mol. The van der Waals surface area contributed by atoms with Crippen LogP contribution in [-0.4, -0.2) is 37.0 Å². The van der Waals surface area contributed by atoms with E-state index in [0.717, 1.165) is 19.3 Å². The predicted octanol–water partition coefficient (Wildman–Crippen LogP) is 11.2. The number of unbranched alkanes of at least 4 members (excludes halogenated alkanes) is 21. The fourth-order valence-electron chi connectivity index (χ4n) is 5.02. The molecular weight excluding hydrogens is 508 g/mol. The molecule has 0 saturated carbocycles. The number of rotatable bonds is 33. The second-order valence-electron chi connectivity index (χ2n) is 11.9. The number of esters is 1. The van der Waals surface area contributed by atoms with Gasteiger partial charge in [0.05, 0.1) is 13.2 Å². The van der Waals surface area contributed by atoms with E-state index in [0.29, 0.717) is 19.6 Å². The molecule has 4 nitrogen and oxygen atoms in total. The Labute approximate surface area is 256 Å². The highest BCUT2D eigenvalue weighted by Crippen LogP contribution is 2.12. The van der Waals surface area contributed by atoms with Crippen molar-refractivity contribution in [1.29, 1.82) is 0 Å². The molecule has 242 valence electrons. The van der Waals surface area contributed by atoms with Crippen molar-refractivity contribution in [1.82, 2.24) is 0 Å². The molecule has 0 aliphatic rings. The minimum atomic E-state index is -0.537. The molecule has 0 saturated heterocycles. The van der Waals surface area contributed by atoms with Crippen molar-refractivity contribution in [2.75, 3.05) is 19.8 Å². The SMILES string of the molecule is CCCCC/C=C\CCCCCCCC(=O)OC(CO)COCCCCCCCC/C=C\CCCCCCCCC. The van der Waals surface area contributed by atoms with Gasteiger partial charge >= 0.3 is 5.97 Å². The maximum absolute atomic E-state index is 12.1. The standard InChI is InChI=1S/C37H70O4/c1-3-5-7-9-11-13-15-17-18-19-20-21-23-25-27-29-31-33-40-35-36(34-38)41-37(39)32-30-28-26-24-22-16-14-12-10-8-6-4-2/h12,14,18-19,36,38H,3-11,13,15-17,20-35H2,1-2H3/b14-12-,19-18-. The van der Waals surface area contributed by atoms with E-state index in [1.54, 1.807) is 0 Å². The molecule has 0 amide bonds. The average molecular weight is 579 g/mol. The first-order valence-electron chi connectivity index (χ1n) is 17.9. The molecule has 0 aromatic carbocycles. The van der Waals surface area contributed by atoms with Gasteiger partial charge < -0.3 is 14.6 Å². The van der Waals surface area contributed by atoms with Gasteiger partial charge in [-0.2, -0.15) is 0 Å². The third-order valence-corrected chi connectivity index (χ3v) is 7.75. The van der Waals surface area contributed by atoms with E-state index in [2.05, 4.69) is 38.2 Å². The summed E-state index contributed by atoms with van der Waals surface area (Å²) in [5.74, 6) is -0.213. The summed E-state index contributed by atoms with van der Waals surface area (Å²) in [5.41, 5.74) is 0. The van der Waals surface area contributed by atoms with E-state index in [9.17, 15) is 9.90 Å². The molecule has 4 heteroatoms. The largest absolute Gasteiger partial charge is 0.457 e. The highest BCUT2D eigenvalue weighted by molar-refractivity contribution is 5.69. The van der Waals surface area contributed by atoms with Crippen LogP contribution in [-0.2, 0) is 14.3 Å². The molecule has 0 aromatic heterocycles. The number of aliphatic hydroxyl groups is 1. The summed E-state index contributed by atoms with van der Waals surface area (Å²) in [5, 5.41) is 9.53. The summed E-state index contributed by atoms with van der Waals surface area (Å²) in [6, 6.07) is 0. The van der Waals surface area contributed by atoms with Crippen LogP contribution in [0.15, 0.2) is 24.3 Å². The van der Waals surface area contributed by atoms with Crippen molar-refractivity contribution in [2.24, 2.45) is 0 Å². The summed E-state index contributed by atoms with van der Waals surface area (Å²) in [6.45, 7) is 5.30. The average Bonchev–Trinajstić information content (AvgIpc) is 2.98. The molecule has 0 heterocycles. The first-order valence-corrected chi connectivity index (χ1v) is 17.9. The summed E-state index contributed by atoms with van der Waals surface area (Å²) >= 11 is 0. The maximum atomic E-state index is 12.1. The second-order valence-corrected chi connectivity index (χ2v) is 11.9. The molecule has 0 bridgehead atoms. The molecule has 1 unspecified atom stereocenters. The molecule has 0 spiro atoms. The highest BCUT2D eigenvalue weighted by Gasteiger charge is 2.13. The Morgan fingerprint density at radius 1 is 0.561 bits per heavy atom. The lowest BCUT2D eigenvalue weighted by Crippen LogP contribution is -2.27. The van der Waals surface area contributed by atoms with Gasteiger partial charge in [0.2, 0.25) is 0 Å². The van der Waals surface area contributed by atoms with E-state index < -0.39 is 6.10 Å². The van der Waals surface area contributed by atoms with Gasteiger partial charge in [-0.15, -0.1) is 0 Å². The van der Waals surface area contributed by atoms with Gasteiger partial charge in [0.15, 0.2) is 0 Å². The van der Waals surface area contributed by atoms with Crippen LogP contribution in [0, 0.1) is 0 Å². The fraction of sp³-hybridized carbons (Fsp3) is 0.865. The zero-order chi connectivity index (χ0) is 29.9. The third kappa shape index (κ3) is 33.2. The topological polar surface area (TPSA) is 55.8 Å². The molecule has 1 atom stereocenters. The van der Waals surface area contributed by atoms with Crippen LogP contribution >= 0.6 is 0 Å². The number of aliphatic hydroxyl groups excluding tert-OH is 1. The van der Waals surface area contributed by atoms with Gasteiger partial charge in [-0.25, -0.2) is 0 Å². The quantitative estimate of drug-likeness (QED) is 0.0478. The molecule has 0 aromatic rings. The van der Waals surface area contributed by atoms with E-state index in [4.69, 9.17) is 9.47 Å². The number of hydrogen-bond donors (Lipinski definition) is 1. The summed E-state index contributed by atoms with van der Waals surface area (Å²) < 4.78 is 11.1. The summed E-state index contributed by atoms with van der Waals surface area (Å²) in [6.07, 6.45) is 40.7. The number of carbonyl (C=O) groups is 1. The zero-order valence-corrected chi connectivity index (χ0v) is 27.6. The van der Waals surface area contributed by atoms with E-state index in [-0.39, 0.29) is 12.6 Å². The Hall–Kier alpha value is -1.13. The molecule has 0 rings (SSSR count). The van der Waals surface area contributed by atoms with E-state index in [1.807, 2.05) is 0 Å². The molecule has 0 aliphatic heterocycles. The van der Waals surface area contributed by atoms with Crippen molar-refractivity contribution in [3.8, 4) is 0 Å². The van der Waals surface area contributed by atoms with Crippen molar-refractivity contribution >= 4 is 5.97 Å². The minimum absolute atomic E-state index is 0.175. The first kappa shape index (κ1) is 39.9. The van der Waals surface area contributed by atoms with Gasteiger partial charge in [-0.3, -0.25) is 4.79 Å². The smallest absolute Gasteiger partial charge is 0.306 e. The Balaban J connectivity index is 3.44. The lowest BCUT2D eigenvalue weighted by atomic mass is 10.1. The Morgan fingerprint density at radius 3 is 1.44 bits per heavy atom. The maximum Gasteiger partial charge on any atom is 0.306 e. The van der Waals surface area contributed by atoms with Crippen LogP contribution in [0.1, 0.15) is 181 Å². The van der Waals surface area contributed by atoms with Crippen molar-refractivity contribution in [3.63, 3.8) is 0 Å². The normalized spacial score (nSPS) is 12.6. The van der Waals surface area contributed by atoms with Crippen LogP contribution in [0.4, 0.5) is 0 Å². The number of carbonyl (C=O) groups excluding carboxylic acids is 1. The van der Waals surface area contributed by atoms with Gasteiger partial charge in [0.1, 0.15) is 6.10 Å². The Morgan fingerprint density at radius 2 is 0.951 bits per heavy atom. The lowest BCUT2D eigenvalue weighted by molar-refractivity contribution is -0.154. The predicted molar refractivity (Wildman–Crippen MR) is 177 cm³/mol. The highest BCUT2D eigenvalue weighted by atomic mass is 16.6.